The number of piperidine rings is 1. The third-order valence-electron chi connectivity index (χ3n) is 4.09. The molecule has 0 aliphatic carbocycles. The molecule has 2 aliphatic rings. The van der Waals surface area contributed by atoms with E-state index in [9.17, 15) is 9.90 Å². The van der Waals surface area contributed by atoms with Crippen molar-refractivity contribution in [2.75, 3.05) is 5.32 Å². The van der Waals surface area contributed by atoms with Crippen molar-refractivity contribution >= 4 is 11.7 Å². The molecule has 0 aromatic carbocycles. The number of amides is 1. The van der Waals surface area contributed by atoms with Gasteiger partial charge in [0.05, 0.1) is 0 Å². The Bertz CT molecular complexity index is 466. The summed E-state index contributed by atoms with van der Waals surface area (Å²) >= 11 is 0. The fraction of sp³-hybridized carbons (Fsp3) is 0.571. The Hall–Kier alpha value is -1.62. The van der Waals surface area contributed by atoms with Crippen molar-refractivity contribution in [1.82, 2.24) is 10.3 Å². The van der Waals surface area contributed by atoms with Crippen molar-refractivity contribution in [2.45, 2.75) is 44.2 Å². The van der Waals surface area contributed by atoms with Crippen LogP contribution in [-0.4, -0.2) is 28.1 Å². The molecule has 3 heterocycles. The van der Waals surface area contributed by atoms with E-state index in [-0.39, 0.29) is 17.5 Å². The molecule has 2 saturated heterocycles. The summed E-state index contributed by atoms with van der Waals surface area (Å²) in [6.45, 7) is 0. The van der Waals surface area contributed by atoms with Gasteiger partial charge in [-0.05, 0) is 43.7 Å². The van der Waals surface area contributed by atoms with E-state index in [0.29, 0.717) is 24.4 Å². The Labute approximate surface area is 112 Å². The summed E-state index contributed by atoms with van der Waals surface area (Å²) in [4.78, 5) is 15.9. The fourth-order valence-corrected chi connectivity index (χ4v) is 3.28. The van der Waals surface area contributed by atoms with Gasteiger partial charge < -0.3 is 15.7 Å². The second kappa shape index (κ2) is 5.17. The van der Waals surface area contributed by atoms with Crippen molar-refractivity contribution in [3.05, 3.63) is 18.3 Å². The van der Waals surface area contributed by atoms with Crippen LogP contribution in [0.1, 0.15) is 32.1 Å². The standard InChI is InChI=1S/C14H19N3O2/c18-12-2-1-5-15-14(12)17-13(19)8-9-6-10-3-4-11(7-9)16-10/h1-2,5,9-11,16,18H,3-4,6-8H2,(H,15,17,19). The second-order valence-corrected chi connectivity index (χ2v) is 5.60. The van der Waals surface area contributed by atoms with E-state index in [1.165, 1.54) is 18.9 Å². The first-order chi connectivity index (χ1) is 9.20. The molecule has 2 unspecified atom stereocenters. The lowest BCUT2D eigenvalue weighted by molar-refractivity contribution is -0.117. The van der Waals surface area contributed by atoms with Gasteiger partial charge in [0.25, 0.3) is 0 Å². The second-order valence-electron chi connectivity index (χ2n) is 5.60. The number of rotatable bonds is 3. The summed E-state index contributed by atoms with van der Waals surface area (Å²) in [6, 6.07) is 4.35. The molecule has 2 fully saturated rings. The molecule has 5 nitrogen and oxygen atoms in total. The third-order valence-corrected chi connectivity index (χ3v) is 4.09. The van der Waals surface area contributed by atoms with Crippen LogP contribution in [0, 0.1) is 5.92 Å². The molecule has 0 saturated carbocycles. The van der Waals surface area contributed by atoms with E-state index in [2.05, 4.69) is 15.6 Å². The Morgan fingerprint density at radius 3 is 2.84 bits per heavy atom. The van der Waals surface area contributed by atoms with Gasteiger partial charge in [-0.3, -0.25) is 4.79 Å². The van der Waals surface area contributed by atoms with Gasteiger partial charge in [-0.1, -0.05) is 0 Å². The van der Waals surface area contributed by atoms with Gasteiger partial charge in [0.15, 0.2) is 11.6 Å². The molecule has 2 bridgehead atoms. The number of carbonyl (C=O) groups excluding carboxylic acids is 1. The number of hydrogen-bond acceptors (Lipinski definition) is 4. The molecule has 1 aromatic rings. The molecule has 2 aliphatic heterocycles. The molecule has 0 radical (unpaired) electrons. The van der Waals surface area contributed by atoms with Crippen molar-refractivity contribution < 1.29 is 9.90 Å². The molecule has 102 valence electrons. The number of pyridine rings is 1. The molecule has 0 spiro atoms. The van der Waals surface area contributed by atoms with Crippen LogP contribution in [0.2, 0.25) is 0 Å². The number of aromatic nitrogens is 1. The van der Waals surface area contributed by atoms with Crippen LogP contribution in [0.5, 0.6) is 5.75 Å². The lowest BCUT2D eigenvalue weighted by Gasteiger charge is -2.28. The lowest BCUT2D eigenvalue weighted by Crippen LogP contribution is -2.39. The Morgan fingerprint density at radius 1 is 1.42 bits per heavy atom. The largest absolute Gasteiger partial charge is 0.504 e. The van der Waals surface area contributed by atoms with E-state index in [1.807, 2.05) is 0 Å². The van der Waals surface area contributed by atoms with Crippen molar-refractivity contribution in [3.63, 3.8) is 0 Å². The lowest BCUT2D eigenvalue weighted by atomic mass is 9.89. The van der Waals surface area contributed by atoms with Crippen LogP contribution in [0.4, 0.5) is 5.82 Å². The number of anilines is 1. The third kappa shape index (κ3) is 2.87. The maximum absolute atomic E-state index is 12.0. The average Bonchev–Trinajstić information content (AvgIpc) is 2.72. The predicted octanol–water partition coefficient (Wildman–Crippen LogP) is 1.65. The smallest absolute Gasteiger partial charge is 0.225 e. The van der Waals surface area contributed by atoms with Crippen LogP contribution < -0.4 is 10.6 Å². The Kier molecular flexibility index (Phi) is 3.38. The minimum atomic E-state index is -0.0553. The van der Waals surface area contributed by atoms with Crippen molar-refractivity contribution in [1.29, 1.82) is 0 Å². The normalized spacial score (nSPS) is 29.2. The highest BCUT2D eigenvalue weighted by Crippen LogP contribution is 2.33. The molecular weight excluding hydrogens is 242 g/mol. The molecule has 3 rings (SSSR count). The highest BCUT2D eigenvalue weighted by atomic mass is 16.3. The summed E-state index contributed by atoms with van der Waals surface area (Å²) in [5.41, 5.74) is 0. The SMILES string of the molecule is O=C(CC1CC2CCC(C1)N2)Nc1ncccc1O. The number of hydrogen-bond donors (Lipinski definition) is 3. The van der Waals surface area contributed by atoms with Crippen molar-refractivity contribution in [2.24, 2.45) is 5.92 Å². The number of nitrogens with zero attached hydrogens (tertiary/aromatic N) is 1. The maximum atomic E-state index is 12.0. The monoisotopic (exact) mass is 261 g/mol. The molecule has 1 amide bonds. The number of nitrogens with one attached hydrogen (secondary N) is 2. The van der Waals surface area contributed by atoms with Gasteiger partial charge in [0.2, 0.25) is 5.91 Å². The fourth-order valence-electron chi connectivity index (χ4n) is 3.28. The zero-order valence-electron chi connectivity index (χ0n) is 10.8. The van der Waals surface area contributed by atoms with Gasteiger partial charge >= 0.3 is 0 Å². The van der Waals surface area contributed by atoms with Gasteiger partial charge in [-0.2, -0.15) is 0 Å². The minimum absolute atomic E-state index is 0.0150. The van der Waals surface area contributed by atoms with Crippen LogP contribution in [-0.2, 0) is 4.79 Å². The van der Waals surface area contributed by atoms with E-state index in [1.54, 1.807) is 12.3 Å². The topological polar surface area (TPSA) is 74.2 Å². The van der Waals surface area contributed by atoms with Gasteiger partial charge in [0.1, 0.15) is 0 Å². The summed E-state index contributed by atoms with van der Waals surface area (Å²) < 4.78 is 0. The van der Waals surface area contributed by atoms with Crippen molar-refractivity contribution in [3.8, 4) is 5.75 Å². The van der Waals surface area contributed by atoms with Crippen LogP contribution in [0.25, 0.3) is 0 Å². The summed E-state index contributed by atoms with van der Waals surface area (Å²) in [5.74, 6) is 0.663. The number of aromatic hydroxyl groups is 1. The highest BCUT2D eigenvalue weighted by Gasteiger charge is 2.34. The van der Waals surface area contributed by atoms with Crippen LogP contribution in [0.15, 0.2) is 18.3 Å². The van der Waals surface area contributed by atoms with Gasteiger partial charge in [0, 0.05) is 24.7 Å². The molecule has 3 N–H and O–H groups in total. The molecule has 1 aromatic heterocycles. The quantitative estimate of drug-likeness (QED) is 0.773. The number of fused-ring (bicyclic) bond motifs is 2. The first-order valence-corrected chi connectivity index (χ1v) is 6.90. The van der Waals surface area contributed by atoms with E-state index < -0.39 is 0 Å². The van der Waals surface area contributed by atoms with E-state index in [4.69, 9.17) is 0 Å². The first-order valence-electron chi connectivity index (χ1n) is 6.90. The van der Waals surface area contributed by atoms with E-state index >= 15 is 0 Å². The molecule has 19 heavy (non-hydrogen) atoms. The highest BCUT2D eigenvalue weighted by molar-refractivity contribution is 5.91. The van der Waals surface area contributed by atoms with Gasteiger partial charge in [-0.15, -0.1) is 0 Å². The van der Waals surface area contributed by atoms with Crippen LogP contribution in [0.3, 0.4) is 0 Å². The molecular formula is C14H19N3O2. The number of carbonyl (C=O) groups is 1. The first kappa shape index (κ1) is 12.4. The predicted molar refractivity (Wildman–Crippen MR) is 71.8 cm³/mol. The summed E-state index contributed by atoms with van der Waals surface area (Å²) in [5, 5.41) is 15.8. The van der Waals surface area contributed by atoms with E-state index in [0.717, 1.165) is 12.8 Å². The van der Waals surface area contributed by atoms with Crippen LogP contribution >= 0.6 is 0 Å². The minimum Gasteiger partial charge on any atom is -0.504 e. The molecule has 5 heteroatoms. The van der Waals surface area contributed by atoms with Gasteiger partial charge in [-0.25, -0.2) is 4.98 Å². The zero-order valence-corrected chi connectivity index (χ0v) is 10.8. The Balaban J connectivity index is 1.56. The average molecular weight is 261 g/mol. The maximum Gasteiger partial charge on any atom is 0.225 e. The Morgan fingerprint density at radius 2 is 2.16 bits per heavy atom. The molecule has 2 atom stereocenters. The summed E-state index contributed by atoms with van der Waals surface area (Å²) in [6.07, 6.45) is 6.72. The zero-order chi connectivity index (χ0) is 13.2. The summed E-state index contributed by atoms with van der Waals surface area (Å²) in [7, 11) is 0.